The van der Waals surface area contributed by atoms with Crippen LogP contribution in [0.1, 0.15) is 44.2 Å². The lowest BCUT2D eigenvalue weighted by atomic mass is 10.00. The van der Waals surface area contributed by atoms with Gasteiger partial charge in [-0.15, -0.1) is 9.24 Å². The van der Waals surface area contributed by atoms with Gasteiger partial charge >= 0.3 is 0 Å². The molecule has 1 aliphatic heterocycles. The highest BCUT2D eigenvalue weighted by Gasteiger charge is 2.29. The van der Waals surface area contributed by atoms with Crippen molar-refractivity contribution in [1.29, 1.82) is 5.26 Å². The molecule has 39 heavy (non-hydrogen) atoms. The number of nitriles is 1. The van der Waals surface area contributed by atoms with E-state index in [1.807, 2.05) is 30.3 Å². The molecule has 1 unspecified atom stereocenters. The van der Waals surface area contributed by atoms with Gasteiger partial charge < -0.3 is 19.4 Å². The highest BCUT2D eigenvalue weighted by atomic mass is 31.0. The van der Waals surface area contributed by atoms with Gasteiger partial charge in [0.1, 0.15) is 5.75 Å². The number of carbonyl (C=O) groups excluding carboxylic acids is 1. The second kappa shape index (κ2) is 11.6. The average molecular weight is 542 g/mol. The van der Waals surface area contributed by atoms with E-state index >= 15 is 0 Å². The van der Waals surface area contributed by atoms with Crippen LogP contribution in [0.5, 0.6) is 5.75 Å². The van der Waals surface area contributed by atoms with Crippen LogP contribution in [0.3, 0.4) is 0 Å². The van der Waals surface area contributed by atoms with E-state index in [9.17, 15) is 14.9 Å². The van der Waals surface area contributed by atoms with Crippen LogP contribution < -0.4 is 20.9 Å². The zero-order valence-corrected chi connectivity index (χ0v) is 22.6. The molecule has 0 saturated carbocycles. The van der Waals surface area contributed by atoms with Crippen LogP contribution in [-0.2, 0) is 24.4 Å². The van der Waals surface area contributed by atoms with Crippen LogP contribution >= 0.6 is 9.24 Å². The first-order valence-corrected chi connectivity index (χ1v) is 13.1. The maximum Gasteiger partial charge on any atom is 0.255 e. The number of methoxy groups -OCH3 is 1. The van der Waals surface area contributed by atoms with Gasteiger partial charge in [0.15, 0.2) is 0 Å². The molecule has 1 fully saturated rings. The molecule has 0 bridgehead atoms. The quantitative estimate of drug-likeness (QED) is 0.326. The molecule has 10 heteroatoms. The average Bonchev–Trinajstić information content (AvgIpc) is 3.31. The number of carbonyl (C=O) groups is 1. The van der Waals surface area contributed by atoms with Crippen molar-refractivity contribution in [2.24, 2.45) is 0 Å². The fourth-order valence-corrected chi connectivity index (χ4v) is 4.96. The van der Waals surface area contributed by atoms with E-state index < -0.39 is 0 Å². The van der Waals surface area contributed by atoms with Crippen LogP contribution in [0.2, 0.25) is 0 Å². The summed E-state index contributed by atoms with van der Waals surface area (Å²) in [4.78, 5) is 25.3. The van der Waals surface area contributed by atoms with E-state index in [0.29, 0.717) is 54.4 Å². The molecule has 1 N–H and O–H groups in total. The normalized spacial score (nSPS) is 12.9. The van der Waals surface area contributed by atoms with Gasteiger partial charge in [-0.3, -0.25) is 14.3 Å². The molecule has 3 heterocycles. The summed E-state index contributed by atoms with van der Waals surface area (Å²) >= 11 is 0. The number of benzene rings is 2. The molecule has 9 nitrogen and oxygen atoms in total. The molecular formula is C29H28N5O4P. The fraction of sp³-hybridized carbons (Fsp3) is 0.241. The number of amides is 1. The Hall–Kier alpha value is -4.25. The summed E-state index contributed by atoms with van der Waals surface area (Å²) in [6.45, 7) is 2.21. The summed E-state index contributed by atoms with van der Waals surface area (Å²) in [5, 5.41) is 18.0. The number of aromatic nitrogens is 3. The number of hydrogen-bond donors (Lipinski definition) is 1. The highest BCUT2D eigenvalue weighted by molar-refractivity contribution is 7.28. The van der Waals surface area contributed by atoms with Crippen molar-refractivity contribution in [2.75, 3.05) is 20.3 Å². The predicted octanol–water partition coefficient (Wildman–Crippen LogP) is 2.57. The highest BCUT2D eigenvalue weighted by Crippen LogP contribution is 2.26. The van der Waals surface area contributed by atoms with Gasteiger partial charge in [-0.05, 0) is 34.9 Å². The molecule has 2 aromatic carbocycles. The number of nitrogens with one attached hydrogen (secondary N) is 1. The summed E-state index contributed by atoms with van der Waals surface area (Å²) in [6.07, 6.45) is 3.53. The molecule has 0 spiro atoms. The summed E-state index contributed by atoms with van der Waals surface area (Å²) in [5.41, 5.74) is 4.36. The molecule has 1 aliphatic rings. The Morgan fingerprint density at radius 3 is 2.54 bits per heavy atom. The number of hydrogen-bond acceptors (Lipinski definition) is 6. The van der Waals surface area contributed by atoms with Crippen molar-refractivity contribution in [1.82, 2.24) is 19.7 Å². The third-order valence-corrected chi connectivity index (χ3v) is 7.40. The molecule has 198 valence electrons. The fourth-order valence-electron chi connectivity index (χ4n) is 4.49. The predicted molar refractivity (Wildman–Crippen MR) is 149 cm³/mol. The SMILES string of the molecule is COc1ccc(C#N)c(CNC(=O)c2cn(Cc3ccc(Cn4ccccc4=O)cc3)nc2C2COC2)c1P. The lowest BCUT2D eigenvalue weighted by molar-refractivity contribution is 0.00620. The van der Waals surface area contributed by atoms with E-state index in [-0.39, 0.29) is 23.9 Å². The van der Waals surface area contributed by atoms with Crippen molar-refractivity contribution in [2.45, 2.75) is 25.6 Å². The van der Waals surface area contributed by atoms with Gasteiger partial charge in [0.2, 0.25) is 0 Å². The maximum absolute atomic E-state index is 13.3. The lowest BCUT2D eigenvalue weighted by Gasteiger charge is -2.25. The topological polar surface area (TPSA) is 111 Å². The number of rotatable bonds is 9. The monoisotopic (exact) mass is 541 g/mol. The molecule has 1 saturated heterocycles. The van der Waals surface area contributed by atoms with E-state index in [1.54, 1.807) is 53.0 Å². The second-order valence-electron chi connectivity index (χ2n) is 9.35. The maximum atomic E-state index is 13.3. The Morgan fingerprint density at radius 2 is 1.90 bits per heavy atom. The minimum atomic E-state index is -0.261. The Balaban J connectivity index is 1.32. The zero-order chi connectivity index (χ0) is 27.4. The van der Waals surface area contributed by atoms with Crippen LogP contribution in [0.15, 0.2) is 71.8 Å². The van der Waals surface area contributed by atoms with E-state index in [4.69, 9.17) is 14.6 Å². The third kappa shape index (κ3) is 5.78. The van der Waals surface area contributed by atoms with E-state index in [2.05, 4.69) is 20.6 Å². The molecule has 1 atom stereocenters. The van der Waals surface area contributed by atoms with Gasteiger partial charge in [0.05, 0.1) is 62.2 Å². The lowest BCUT2D eigenvalue weighted by Crippen LogP contribution is -2.30. The van der Waals surface area contributed by atoms with E-state index in [1.165, 1.54) is 0 Å². The molecule has 4 aromatic rings. The van der Waals surface area contributed by atoms with Crippen molar-refractivity contribution in [3.8, 4) is 11.8 Å². The Labute approximate surface area is 228 Å². The summed E-state index contributed by atoms with van der Waals surface area (Å²) in [5.74, 6) is 0.426. The molecule has 1 amide bonds. The number of nitrogens with zero attached hydrogens (tertiary/aromatic N) is 4. The Morgan fingerprint density at radius 1 is 1.15 bits per heavy atom. The Bertz CT molecular complexity index is 1600. The van der Waals surface area contributed by atoms with Crippen LogP contribution in [-0.4, -0.2) is 40.6 Å². The first-order chi connectivity index (χ1) is 19.0. The van der Waals surface area contributed by atoms with Crippen LogP contribution in [0.25, 0.3) is 0 Å². The minimum absolute atomic E-state index is 0.0411. The summed E-state index contributed by atoms with van der Waals surface area (Å²) in [6, 6.07) is 18.7. The first kappa shape index (κ1) is 26.4. The number of pyridine rings is 1. The summed E-state index contributed by atoms with van der Waals surface area (Å²) < 4.78 is 14.2. The van der Waals surface area contributed by atoms with Crippen molar-refractivity contribution in [3.63, 3.8) is 0 Å². The summed E-state index contributed by atoms with van der Waals surface area (Å²) in [7, 11) is 4.16. The largest absolute Gasteiger partial charge is 0.496 e. The van der Waals surface area contributed by atoms with Gasteiger partial charge in [0.25, 0.3) is 11.5 Å². The van der Waals surface area contributed by atoms with E-state index in [0.717, 1.165) is 16.4 Å². The third-order valence-electron chi connectivity index (χ3n) is 6.76. The molecule has 2 aromatic heterocycles. The molecular weight excluding hydrogens is 513 g/mol. The first-order valence-electron chi connectivity index (χ1n) is 12.5. The minimum Gasteiger partial charge on any atom is -0.496 e. The molecule has 0 radical (unpaired) electrons. The van der Waals surface area contributed by atoms with Gasteiger partial charge in [-0.1, -0.05) is 30.3 Å². The second-order valence-corrected chi connectivity index (χ2v) is 9.92. The van der Waals surface area contributed by atoms with Gasteiger partial charge in [-0.25, -0.2) is 0 Å². The number of ether oxygens (including phenoxy) is 2. The van der Waals surface area contributed by atoms with Gasteiger partial charge in [0, 0.05) is 30.3 Å². The van der Waals surface area contributed by atoms with Crippen molar-refractivity contribution >= 4 is 20.5 Å². The van der Waals surface area contributed by atoms with Crippen LogP contribution in [0, 0.1) is 11.3 Å². The van der Waals surface area contributed by atoms with Crippen LogP contribution in [0.4, 0.5) is 0 Å². The molecule has 0 aliphatic carbocycles. The van der Waals surface area contributed by atoms with Crippen molar-refractivity contribution < 1.29 is 14.3 Å². The van der Waals surface area contributed by atoms with Crippen molar-refractivity contribution in [3.05, 3.63) is 111 Å². The smallest absolute Gasteiger partial charge is 0.255 e. The molecule has 5 rings (SSSR count). The standard InChI is InChI=1S/C29H28N5O4P/c1-37-25-10-9-21(12-30)23(28(25)39)13-31-29(36)24-16-34(32-27(24)22-17-38-18-22)15-20-7-5-19(6-8-20)14-33-11-3-2-4-26(33)35/h2-11,16,22H,13-15,17-18,39H2,1H3,(H,31,36). The zero-order valence-electron chi connectivity index (χ0n) is 21.5. The Kier molecular flexibility index (Phi) is 7.87. The van der Waals surface area contributed by atoms with Gasteiger partial charge in [-0.2, -0.15) is 10.4 Å².